The van der Waals surface area contributed by atoms with Gasteiger partial charge in [-0.25, -0.2) is 4.68 Å². The molecule has 0 atom stereocenters. The molecule has 3 aromatic rings. The zero-order chi connectivity index (χ0) is 20.1. The molecule has 2 heterocycles. The quantitative estimate of drug-likeness (QED) is 0.559. The van der Waals surface area contributed by atoms with Gasteiger partial charge < -0.3 is 19.5 Å². The normalized spacial score (nSPS) is 12.0. The molecule has 10 heteroatoms. The first-order valence-corrected chi connectivity index (χ1v) is 9.87. The lowest BCUT2D eigenvalue weighted by molar-refractivity contribution is -0.118. The van der Waals surface area contributed by atoms with Crippen molar-refractivity contribution in [2.45, 2.75) is 18.2 Å². The predicted octanol–water partition coefficient (Wildman–Crippen LogP) is 1.87. The molecule has 1 aromatic heterocycles. The first-order valence-electron chi connectivity index (χ1n) is 8.88. The smallest absolute Gasteiger partial charge is 0.231 e. The SMILES string of the molecule is COc1ccc(Cn2nnnc2SCC(=O)NCc2ccc3c(c2)OCO3)cc1. The van der Waals surface area contributed by atoms with Gasteiger partial charge in [0.25, 0.3) is 0 Å². The standard InChI is InChI=1S/C19H19N5O4S/c1-26-15-5-2-13(3-6-15)10-24-19(21-22-23-24)29-11-18(25)20-9-14-4-7-16-17(8-14)28-12-27-16/h2-8H,9-12H2,1H3,(H,20,25). The van der Waals surface area contributed by atoms with E-state index in [1.165, 1.54) is 11.8 Å². The first kappa shape index (κ1) is 19.1. The van der Waals surface area contributed by atoms with Gasteiger partial charge in [-0.15, -0.1) is 5.10 Å². The highest BCUT2D eigenvalue weighted by Crippen LogP contribution is 2.32. The number of fused-ring (bicyclic) bond motifs is 1. The Hall–Kier alpha value is -3.27. The van der Waals surface area contributed by atoms with E-state index in [0.717, 1.165) is 22.6 Å². The number of rotatable bonds is 8. The lowest BCUT2D eigenvalue weighted by Crippen LogP contribution is -2.24. The maximum atomic E-state index is 12.2. The summed E-state index contributed by atoms with van der Waals surface area (Å²) in [6, 6.07) is 13.3. The molecule has 1 aliphatic rings. The van der Waals surface area contributed by atoms with E-state index >= 15 is 0 Å². The van der Waals surface area contributed by atoms with Gasteiger partial charge in [-0.05, 0) is 45.8 Å². The van der Waals surface area contributed by atoms with Crippen LogP contribution in [0, 0.1) is 0 Å². The average molecular weight is 413 g/mol. The molecule has 0 saturated carbocycles. The van der Waals surface area contributed by atoms with Crippen LogP contribution in [0.5, 0.6) is 17.2 Å². The molecule has 1 aliphatic heterocycles. The van der Waals surface area contributed by atoms with Gasteiger partial charge in [-0.3, -0.25) is 4.79 Å². The summed E-state index contributed by atoms with van der Waals surface area (Å²) in [7, 11) is 1.63. The van der Waals surface area contributed by atoms with E-state index in [4.69, 9.17) is 14.2 Å². The Morgan fingerprint density at radius 3 is 2.79 bits per heavy atom. The van der Waals surface area contributed by atoms with E-state index < -0.39 is 0 Å². The molecule has 29 heavy (non-hydrogen) atoms. The van der Waals surface area contributed by atoms with Crippen molar-refractivity contribution < 1.29 is 19.0 Å². The van der Waals surface area contributed by atoms with Crippen LogP contribution in [-0.4, -0.2) is 45.8 Å². The summed E-state index contributed by atoms with van der Waals surface area (Å²) < 4.78 is 17.5. The van der Waals surface area contributed by atoms with Crippen molar-refractivity contribution in [3.63, 3.8) is 0 Å². The topological polar surface area (TPSA) is 100 Å². The second kappa shape index (κ2) is 8.82. The average Bonchev–Trinajstić information content (AvgIpc) is 3.40. The molecular weight excluding hydrogens is 394 g/mol. The predicted molar refractivity (Wildman–Crippen MR) is 105 cm³/mol. The highest BCUT2D eigenvalue weighted by Gasteiger charge is 2.14. The fraction of sp³-hybridized carbons (Fsp3) is 0.263. The van der Waals surface area contributed by atoms with Crippen LogP contribution in [0.15, 0.2) is 47.6 Å². The van der Waals surface area contributed by atoms with Crippen LogP contribution in [0.2, 0.25) is 0 Å². The number of carbonyl (C=O) groups excluding carboxylic acids is 1. The number of nitrogens with zero attached hydrogens (tertiary/aromatic N) is 4. The third-order valence-electron chi connectivity index (χ3n) is 4.25. The van der Waals surface area contributed by atoms with Crippen molar-refractivity contribution in [2.24, 2.45) is 0 Å². The monoisotopic (exact) mass is 413 g/mol. The summed E-state index contributed by atoms with van der Waals surface area (Å²) in [5, 5.41) is 15.2. The van der Waals surface area contributed by atoms with Crippen LogP contribution in [0.4, 0.5) is 0 Å². The second-order valence-corrected chi connectivity index (χ2v) is 7.16. The van der Waals surface area contributed by atoms with Crippen molar-refractivity contribution in [1.29, 1.82) is 0 Å². The third-order valence-corrected chi connectivity index (χ3v) is 5.21. The maximum absolute atomic E-state index is 12.2. The molecule has 0 unspecified atom stereocenters. The molecule has 9 nitrogen and oxygen atoms in total. The Kier molecular flexibility index (Phi) is 5.80. The second-order valence-electron chi connectivity index (χ2n) is 6.22. The van der Waals surface area contributed by atoms with Crippen molar-refractivity contribution in [1.82, 2.24) is 25.5 Å². The molecule has 0 fully saturated rings. The van der Waals surface area contributed by atoms with Crippen molar-refractivity contribution in [3.8, 4) is 17.2 Å². The fourth-order valence-corrected chi connectivity index (χ4v) is 3.44. The van der Waals surface area contributed by atoms with Crippen LogP contribution in [0.25, 0.3) is 0 Å². The number of thioether (sulfide) groups is 1. The number of tetrazole rings is 1. The molecule has 0 spiro atoms. The number of hydrogen-bond acceptors (Lipinski definition) is 8. The van der Waals surface area contributed by atoms with Crippen LogP contribution >= 0.6 is 11.8 Å². The molecule has 0 saturated heterocycles. The number of nitrogens with one attached hydrogen (secondary N) is 1. The van der Waals surface area contributed by atoms with Gasteiger partial charge in [0, 0.05) is 6.54 Å². The molecule has 150 valence electrons. The number of aromatic nitrogens is 4. The van der Waals surface area contributed by atoms with E-state index in [1.54, 1.807) is 11.8 Å². The maximum Gasteiger partial charge on any atom is 0.231 e. The van der Waals surface area contributed by atoms with Crippen LogP contribution < -0.4 is 19.5 Å². The van der Waals surface area contributed by atoms with E-state index in [-0.39, 0.29) is 18.5 Å². The van der Waals surface area contributed by atoms with Gasteiger partial charge in [0.2, 0.25) is 17.9 Å². The number of carbonyl (C=O) groups is 1. The largest absolute Gasteiger partial charge is 0.497 e. The number of amides is 1. The lowest BCUT2D eigenvalue weighted by atomic mass is 10.2. The van der Waals surface area contributed by atoms with Crippen molar-refractivity contribution >= 4 is 17.7 Å². The van der Waals surface area contributed by atoms with Crippen LogP contribution in [0.3, 0.4) is 0 Å². The summed E-state index contributed by atoms with van der Waals surface area (Å²) in [4.78, 5) is 12.2. The molecule has 0 radical (unpaired) electrons. The number of hydrogen-bond donors (Lipinski definition) is 1. The Morgan fingerprint density at radius 2 is 1.97 bits per heavy atom. The summed E-state index contributed by atoms with van der Waals surface area (Å²) in [5.74, 6) is 2.32. The van der Waals surface area contributed by atoms with E-state index in [2.05, 4.69) is 20.8 Å². The van der Waals surface area contributed by atoms with Gasteiger partial charge in [-0.2, -0.15) is 0 Å². The minimum Gasteiger partial charge on any atom is -0.497 e. The van der Waals surface area contributed by atoms with Gasteiger partial charge in [0.1, 0.15) is 5.75 Å². The number of methoxy groups -OCH3 is 1. The van der Waals surface area contributed by atoms with Gasteiger partial charge in [0.15, 0.2) is 11.5 Å². The molecule has 0 aliphatic carbocycles. The van der Waals surface area contributed by atoms with Gasteiger partial charge in [0.05, 0.1) is 19.4 Å². The summed E-state index contributed by atoms with van der Waals surface area (Å²) in [5.41, 5.74) is 1.98. The molecule has 1 amide bonds. The highest BCUT2D eigenvalue weighted by molar-refractivity contribution is 7.99. The molecule has 0 bridgehead atoms. The van der Waals surface area contributed by atoms with E-state index in [0.29, 0.717) is 24.0 Å². The van der Waals surface area contributed by atoms with E-state index in [9.17, 15) is 4.79 Å². The Bertz CT molecular complexity index is 993. The summed E-state index contributed by atoms with van der Waals surface area (Å²) in [6.45, 7) is 1.15. The minimum absolute atomic E-state index is 0.105. The minimum atomic E-state index is -0.105. The van der Waals surface area contributed by atoms with Crippen molar-refractivity contribution in [3.05, 3.63) is 53.6 Å². The van der Waals surface area contributed by atoms with Gasteiger partial charge >= 0.3 is 0 Å². The van der Waals surface area contributed by atoms with Crippen LogP contribution in [0.1, 0.15) is 11.1 Å². The Balaban J connectivity index is 1.28. The highest BCUT2D eigenvalue weighted by atomic mass is 32.2. The molecular formula is C19H19N5O4S. The fourth-order valence-electron chi connectivity index (χ4n) is 2.74. The molecule has 1 N–H and O–H groups in total. The zero-order valence-corrected chi connectivity index (χ0v) is 16.5. The Morgan fingerprint density at radius 1 is 1.17 bits per heavy atom. The lowest BCUT2D eigenvalue weighted by Gasteiger charge is -2.07. The zero-order valence-electron chi connectivity index (χ0n) is 15.7. The number of benzene rings is 2. The van der Waals surface area contributed by atoms with Crippen molar-refractivity contribution in [2.75, 3.05) is 19.7 Å². The summed E-state index contributed by atoms with van der Waals surface area (Å²) in [6.07, 6.45) is 0. The molecule has 2 aromatic carbocycles. The first-order chi connectivity index (χ1) is 14.2. The molecule has 4 rings (SSSR count). The van der Waals surface area contributed by atoms with Crippen LogP contribution in [-0.2, 0) is 17.9 Å². The summed E-state index contributed by atoms with van der Waals surface area (Å²) >= 11 is 1.29. The van der Waals surface area contributed by atoms with Gasteiger partial charge in [-0.1, -0.05) is 30.0 Å². The number of ether oxygens (including phenoxy) is 3. The Labute approximate surface area is 171 Å². The van der Waals surface area contributed by atoms with E-state index in [1.807, 2.05) is 42.5 Å². The third kappa shape index (κ3) is 4.77.